The minimum absolute atomic E-state index is 0. The molecule has 0 amide bonds. The van der Waals surface area contributed by atoms with Crippen molar-refractivity contribution in [3.8, 4) is 5.75 Å². The molecule has 0 aliphatic carbocycles. The molecule has 1 aromatic carbocycles. The lowest BCUT2D eigenvalue weighted by atomic mass is 10.00. The quantitative estimate of drug-likeness (QED) is 0.861. The minimum atomic E-state index is -2.32. The van der Waals surface area contributed by atoms with Crippen LogP contribution in [0.4, 0.5) is 8.78 Å². The summed E-state index contributed by atoms with van der Waals surface area (Å²) in [5.41, 5.74) is 0.869. The van der Waals surface area contributed by atoms with E-state index in [0.29, 0.717) is 0 Å². The van der Waals surface area contributed by atoms with Crippen LogP contribution in [0.25, 0.3) is 0 Å². The maximum absolute atomic E-state index is 13.0. The summed E-state index contributed by atoms with van der Waals surface area (Å²) in [6, 6.07) is 7.27. The Morgan fingerprint density at radius 2 is 1.82 bits per heavy atom. The summed E-state index contributed by atoms with van der Waals surface area (Å²) in [6.07, 6.45) is -2.45. The molecule has 1 heterocycles. The number of benzene rings is 1. The lowest BCUT2D eigenvalue weighted by molar-refractivity contribution is 0.0721. The second-order valence-corrected chi connectivity index (χ2v) is 5.63. The fourth-order valence-electron chi connectivity index (χ4n) is 2.75. The second-order valence-electron chi connectivity index (χ2n) is 5.63. The Balaban J connectivity index is 0.00000242. The fourth-order valence-corrected chi connectivity index (χ4v) is 2.75. The first kappa shape index (κ1) is 19.1. The normalized spacial score (nSPS) is 17.4. The first-order valence-electron chi connectivity index (χ1n) is 7.56. The van der Waals surface area contributed by atoms with Gasteiger partial charge >= 0.3 is 0 Å². The Hall–Kier alpha value is -0.910. The van der Waals surface area contributed by atoms with Crippen LogP contribution in [0.5, 0.6) is 5.75 Å². The largest absolute Gasteiger partial charge is 0.491 e. The van der Waals surface area contributed by atoms with Gasteiger partial charge in [0.2, 0.25) is 6.43 Å². The Labute approximate surface area is 137 Å². The molecule has 0 unspecified atom stereocenters. The molecule has 1 N–H and O–H groups in total. The zero-order valence-electron chi connectivity index (χ0n) is 13.1. The van der Waals surface area contributed by atoms with Crippen LogP contribution in [0.15, 0.2) is 24.3 Å². The van der Waals surface area contributed by atoms with Crippen LogP contribution in [-0.4, -0.2) is 43.6 Å². The Bertz CT molecular complexity index is 440. The van der Waals surface area contributed by atoms with Gasteiger partial charge in [-0.3, -0.25) is 4.90 Å². The highest BCUT2D eigenvalue weighted by molar-refractivity contribution is 5.85. The summed E-state index contributed by atoms with van der Waals surface area (Å²) >= 11 is 0. The van der Waals surface area contributed by atoms with E-state index in [0.717, 1.165) is 37.5 Å². The summed E-state index contributed by atoms with van der Waals surface area (Å²) in [4.78, 5) is 2.13. The van der Waals surface area contributed by atoms with Gasteiger partial charge in [-0.15, -0.1) is 12.4 Å². The highest BCUT2D eigenvalue weighted by atomic mass is 35.5. The van der Waals surface area contributed by atoms with E-state index < -0.39 is 6.43 Å². The van der Waals surface area contributed by atoms with Crippen LogP contribution in [0.3, 0.4) is 0 Å². The summed E-state index contributed by atoms with van der Waals surface area (Å²) in [5, 5.41) is 3.26. The van der Waals surface area contributed by atoms with Gasteiger partial charge in [0.25, 0.3) is 0 Å². The van der Waals surface area contributed by atoms with Gasteiger partial charge in [-0.2, -0.15) is 0 Å². The molecule has 1 aliphatic rings. The Morgan fingerprint density at radius 1 is 1.18 bits per heavy atom. The van der Waals surface area contributed by atoms with E-state index >= 15 is 0 Å². The number of ether oxygens (including phenoxy) is 1. The molecule has 126 valence electrons. The molecule has 22 heavy (non-hydrogen) atoms. The van der Waals surface area contributed by atoms with Crippen molar-refractivity contribution in [2.75, 3.05) is 26.2 Å². The Morgan fingerprint density at radius 3 is 2.41 bits per heavy atom. The van der Waals surface area contributed by atoms with Gasteiger partial charge in [-0.1, -0.05) is 18.2 Å². The molecule has 0 bridgehead atoms. The molecule has 1 saturated heterocycles. The number of rotatable bonds is 6. The number of piperazine rings is 1. The lowest BCUT2D eigenvalue weighted by Gasteiger charge is -2.36. The van der Waals surface area contributed by atoms with Crippen LogP contribution in [-0.2, 0) is 0 Å². The first-order valence-corrected chi connectivity index (χ1v) is 7.56. The number of halogens is 3. The van der Waals surface area contributed by atoms with Crippen molar-refractivity contribution in [3.63, 3.8) is 0 Å². The van der Waals surface area contributed by atoms with Gasteiger partial charge in [-0.25, -0.2) is 8.78 Å². The van der Waals surface area contributed by atoms with Crippen molar-refractivity contribution in [1.29, 1.82) is 0 Å². The van der Waals surface area contributed by atoms with E-state index in [1.807, 2.05) is 38.1 Å². The van der Waals surface area contributed by atoms with Crippen molar-refractivity contribution in [2.45, 2.75) is 38.8 Å². The molecular formula is C16H25ClF2N2O. The first-order chi connectivity index (χ1) is 10.1. The van der Waals surface area contributed by atoms with Crippen LogP contribution >= 0.6 is 12.4 Å². The van der Waals surface area contributed by atoms with Gasteiger partial charge in [0.15, 0.2) is 0 Å². The molecule has 0 spiro atoms. The number of para-hydroxylation sites is 1. The maximum Gasteiger partial charge on any atom is 0.240 e. The SMILES string of the molecule is CC(C)Oc1ccccc1[C@@H](CC(F)F)N1CCNCC1.Cl. The van der Waals surface area contributed by atoms with Crippen LogP contribution in [0.2, 0.25) is 0 Å². The van der Waals surface area contributed by atoms with Crippen molar-refractivity contribution in [2.24, 2.45) is 0 Å². The standard InChI is InChI=1S/C16H24F2N2O.ClH/c1-12(2)21-15-6-4-3-5-13(15)14(11-16(17)18)20-9-7-19-8-10-20;/h3-6,12,14,16,19H,7-11H2,1-2H3;1H/t14-;/m1./s1. The molecular weight excluding hydrogens is 310 g/mol. The predicted octanol–water partition coefficient (Wildman–Crippen LogP) is 3.50. The topological polar surface area (TPSA) is 24.5 Å². The van der Waals surface area contributed by atoms with E-state index in [1.165, 1.54) is 0 Å². The smallest absolute Gasteiger partial charge is 0.240 e. The molecule has 1 atom stereocenters. The van der Waals surface area contributed by atoms with Gasteiger partial charge < -0.3 is 10.1 Å². The van der Waals surface area contributed by atoms with Gasteiger partial charge in [-0.05, 0) is 19.9 Å². The van der Waals surface area contributed by atoms with Crippen molar-refractivity contribution in [3.05, 3.63) is 29.8 Å². The van der Waals surface area contributed by atoms with E-state index in [4.69, 9.17) is 4.74 Å². The third kappa shape index (κ3) is 5.38. The van der Waals surface area contributed by atoms with Crippen LogP contribution in [0.1, 0.15) is 31.9 Å². The number of hydrogen-bond acceptors (Lipinski definition) is 3. The highest BCUT2D eigenvalue weighted by Crippen LogP contribution is 2.34. The van der Waals surface area contributed by atoms with Gasteiger partial charge in [0, 0.05) is 44.2 Å². The van der Waals surface area contributed by atoms with Crippen molar-refractivity contribution in [1.82, 2.24) is 10.2 Å². The van der Waals surface area contributed by atoms with E-state index in [-0.39, 0.29) is 31.0 Å². The number of nitrogens with zero attached hydrogens (tertiary/aromatic N) is 1. The number of alkyl halides is 2. The minimum Gasteiger partial charge on any atom is -0.491 e. The zero-order valence-corrected chi connectivity index (χ0v) is 13.9. The van der Waals surface area contributed by atoms with E-state index in [2.05, 4.69) is 10.2 Å². The number of hydrogen-bond donors (Lipinski definition) is 1. The monoisotopic (exact) mass is 334 g/mol. The van der Waals surface area contributed by atoms with E-state index in [1.54, 1.807) is 0 Å². The van der Waals surface area contributed by atoms with Crippen LogP contribution < -0.4 is 10.1 Å². The molecule has 1 aliphatic heterocycles. The second kappa shape index (κ2) is 9.28. The van der Waals surface area contributed by atoms with Gasteiger partial charge in [0.1, 0.15) is 5.75 Å². The molecule has 1 aromatic rings. The van der Waals surface area contributed by atoms with Crippen molar-refractivity contribution >= 4 is 12.4 Å². The molecule has 0 saturated carbocycles. The number of nitrogens with one attached hydrogen (secondary N) is 1. The molecule has 1 fully saturated rings. The fraction of sp³-hybridized carbons (Fsp3) is 0.625. The maximum atomic E-state index is 13.0. The zero-order chi connectivity index (χ0) is 15.2. The summed E-state index contributed by atoms with van der Waals surface area (Å²) in [7, 11) is 0. The predicted molar refractivity (Wildman–Crippen MR) is 87.3 cm³/mol. The highest BCUT2D eigenvalue weighted by Gasteiger charge is 2.27. The molecule has 2 rings (SSSR count). The molecule has 0 radical (unpaired) electrons. The third-order valence-electron chi connectivity index (χ3n) is 3.63. The molecule has 6 heteroatoms. The lowest BCUT2D eigenvalue weighted by Crippen LogP contribution is -2.45. The Kier molecular flexibility index (Phi) is 8.07. The average molecular weight is 335 g/mol. The van der Waals surface area contributed by atoms with Crippen LogP contribution in [0, 0.1) is 0 Å². The molecule has 0 aromatic heterocycles. The summed E-state index contributed by atoms with van der Waals surface area (Å²) < 4.78 is 31.9. The molecule has 3 nitrogen and oxygen atoms in total. The average Bonchev–Trinajstić information content (AvgIpc) is 2.46. The third-order valence-corrected chi connectivity index (χ3v) is 3.63. The summed E-state index contributed by atoms with van der Waals surface area (Å²) in [6.45, 7) is 7.15. The van der Waals surface area contributed by atoms with Crippen molar-refractivity contribution < 1.29 is 13.5 Å². The van der Waals surface area contributed by atoms with E-state index in [9.17, 15) is 8.78 Å². The van der Waals surface area contributed by atoms with Gasteiger partial charge in [0.05, 0.1) is 6.10 Å². The summed E-state index contributed by atoms with van der Waals surface area (Å²) in [5.74, 6) is 0.719.